The van der Waals surface area contributed by atoms with E-state index in [9.17, 15) is 5.11 Å². The Balaban J connectivity index is 2.04. The molecule has 0 aliphatic carbocycles. The molecule has 1 aromatic carbocycles. The standard InChI is InChI=1S/C15H14N3O.3CH3.Sn/c16-11-15-17-9-8-13(18-15)6-7-14(19)10-12-4-2-1-3-5-12;;;;/h1-5,8,14,19H,6-7,10H2;3*1H3;. The zero-order valence-corrected chi connectivity index (χ0v) is 16.8. The van der Waals surface area contributed by atoms with Crippen molar-refractivity contribution in [2.24, 2.45) is 0 Å². The third-order valence-corrected chi connectivity index (χ3v) is 8.81. The van der Waals surface area contributed by atoms with Gasteiger partial charge in [0.15, 0.2) is 0 Å². The van der Waals surface area contributed by atoms with Gasteiger partial charge in [-0.3, -0.25) is 0 Å². The van der Waals surface area contributed by atoms with Crippen LogP contribution in [0.15, 0.2) is 36.4 Å². The van der Waals surface area contributed by atoms with Gasteiger partial charge in [-0.05, 0) is 0 Å². The Morgan fingerprint density at radius 1 is 1.17 bits per heavy atom. The van der Waals surface area contributed by atoms with E-state index >= 15 is 0 Å². The van der Waals surface area contributed by atoms with E-state index in [0.717, 1.165) is 15.0 Å². The molecule has 120 valence electrons. The zero-order valence-electron chi connectivity index (χ0n) is 14.0. The van der Waals surface area contributed by atoms with Gasteiger partial charge in [0.05, 0.1) is 0 Å². The molecule has 0 bridgehead atoms. The van der Waals surface area contributed by atoms with Crippen LogP contribution in [0.3, 0.4) is 0 Å². The van der Waals surface area contributed by atoms with Gasteiger partial charge in [-0.15, -0.1) is 0 Å². The minimum atomic E-state index is -2.34. The molecular weight excluding hydrogens is 393 g/mol. The number of hydrogen-bond donors (Lipinski definition) is 1. The third kappa shape index (κ3) is 5.59. The second-order valence-electron chi connectivity index (χ2n) is 6.81. The van der Waals surface area contributed by atoms with Crippen molar-refractivity contribution in [2.45, 2.75) is 40.2 Å². The van der Waals surface area contributed by atoms with Crippen LogP contribution >= 0.6 is 0 Å². The predicted molar refractivity (Wildman–Crippen MR) is 94.2 cm³/mol. The molecule has 4 nitrogen and oxygen atoms in total. The zero-order chi connectivity index (χ0) is 16.9. The van der Waals surface area contributed by atoms with Gasteiger partial charge >= 0.3 is 142 Å². The minimum absolute atomic E-state index is 0.252. The number of aryl methyl sites for hydroxylation is 1. The fourth-order valence-electron chi connectivity index (χ4n) is 2.36. The Morgan fingerprint density at radius 2 is 1.87 bits per heavy atom. The molecule has 0 aliphatic heterocycles. The Hall–Kier alpha value is -1.45. The van der Waals surface area contributed by atoms with Crippen molar-refractivity contribution in [3.8, 4) is 6.07 Å². The molecule has 0 aliphatic rings. The molecule has 23 heavy (non-hydrogen) atoms. The summed E-state index contributed by atoms with van der Waals surface area (Å²) in [4.78, 5) is 15.5. The molecule has 0 saturated carbocycles. The van der Waals surface area contributed by atoms with Crippen LogP contribution in [0.5, 0.6) is 0 Å². The third-order valence-electron chi connectivity index (χ3n) is 3.70. The van der Waals surface area contributed by atoms with E-state index in [0.29, 0.717) is 19.3 Å². The summed E-state index contributed by atoms with van der Waals surface area (Å²) in [5.74, 6) is 0.252. The number of aliphatic hydroxyl groups excluding tert-OH is 1. The van der Waals surface area contributed by atoms with Gasteiger partial charge in [0, 0.05) is 0 Å². The van der Waals surface area contributed by atoms with Crippen LogP contribution < -0.4 is 3.71 Å². The molecule has 0 amide bonds. The number of benzene rings is 1. The predicted octanol–water partition coefficient (Wildman–Crippen LogP) is 2.43. The van der Waals surface area contributed by atoms with Crippen LogP contribution in [-0.4, -0.2) is 39.6 Å². The number of rotatable bonds is 6. The summed E-state index contributed by atoms with van der Waals surface area (Å²) in [5, 5.41) is 19.3. The summed E-state index contributed by atoms with van der Waals surface area (Å²) >= 11 is -2.34. The van der Waals surface area contributed by atoms with Gasteiger partial charge in [-0.1, -0.05) is 0 Å². The quantitative estimate of drug-likeness (QED) is 0.735. The Morgan fingerprint density at radius 3 is 2.48 bits per heavy atom. The van der Waals surface area contributed by atoms with Crippen LogP contribution in [-0.2, 0) is 12.8 Å². The summed E-state index contributed by atoms with van der Waals surface area (Å²) in [6.45, 7) is 0. The first kappa shape index (κ1) is 17.9. The first-order chi connectivity index (χ1) is 10.9. The number of hydrogen-bond acceptors (Lipinski definition) is 4. The molecule has 0 spiro atoms. The molecule has 1 N–H and O–H groups in total. The van der Waals surface area contributed by atoms with Gasteiger partial charge in [-0.25, -0.2) is 0 Å². The van der Waals surface area contributed by atoms with Crippen molar-refractivity contribution < 1.29 is 5.11 Å². The summed E-state index contributed by atoms with van der Waals surface area (Å²) in [6, 6.07) is 14.1. The number of aromatic nitrogens is 2. The van der Waals surface area contributed by atoms with E-state index in [1.807, 2.05) is 36.4 Å². The molecule has 1 heterocycles. The van der Waals surface area contributed by atoms with Crippen LogP contribution in [0.4, 0.5) is 0 Å². The molecule has 0 fully saturated rings. The molecule has 1 atom stereocenters. The Kier molecular flexibility index (Phi) is 6.14. The van der Waals surface area contributed by atoms with E-state index in [4.69, 9.17) is 5.26 Å². The Labute approximate surface area is 142 Å². The van der Waals surface area contributed by atoms with E-state index in [2.05, 4.69) is 30.9 Å². The summed E-state index contributed by atoms with van der Waals surface area (Å²) in [6.07, 6.45) is 1.54. The van der Waals surface area contributed by atoms with Crippen LogP contribution in [0.2, 0.25) is 14.8 Å². The van der Waals surface area contributed by atoms with E-state index in [1.54, 1.807) is 0 Å². The summed E-state index contributed by atoms with van der Waals surface area (Å²) < 4.78 is 1.07. The van der Waals surface area contributed by atoms with Crippen molar-refractivity contribution in [1.29, 1.82) is 5.26 Å². The topological polar surface area (TPSA) is 69.8 Å². The number of nitrogens with zero attached hydrogens (tertiary/aromatic N) is 3. The average Bonchev–Trinajstić information content (AvgIpc) is 2.53. The van der Waals surface area contributed by atoms with Crippen LogP contribution in [0.25, 0.3) is 0 Å². The summed E-state index contributed by atoms with van der Waals surface area (Å²) in [5.41, 5.74) is 2.00. The first-order valence-corrected chi connectivity index (χ1v) is 17.9. The van der Waals surface area contributed by atoms with Crippen LogP contribution in [0, 0.1) is 11.3 Å². The summed E-state index contributed by atoms with van der Waals surface area (Å²) in [7, 11) is 0. The molecule has 1 unspecified atom stereocenters. The monoisotopic (exact) mass is 417 g/mol. The fraction of sp³-hybridized carbons (Fsp3) is 0.389. The van der Waals surface area contributed by atoms with Crippen molar-refractivity contribution in [2.75, 3.05) is 0 Å². The SMILES string of the molecule is [CH3][Sn]([CH3])([CH3])[c]1cc(CCC(O)Cc2ccccc2)nc(C#N)n1. The molecule has 5 heteroatoms. The van der Waals surface area contributed by atoms with Gasteiger partial charge in [0.2, 0.25) is 0 Å². The molecular formula is C18H23N3OSn. The van der Waals surface area contributed by atoms with Crippen molar-refractivity contribution in [3.05, 3.63) is 53.5 Å². The van der Waals surface area contributed by atoms with E-state index in [1.165, 1.54) is 0 Å². The average molecular weight is 416 g/mol. The second kappa shape index (κ2) is 7.89. The maximum atomic E-state index is 10.2. The van der Waals surface area contributed by atoms with Gasteiger partial charge < -0.3 is 0 Å². The molecule has 0 saturated heterocycles. The van der Waals surface area contributed by atoms with E-state index < -0.39 is 24.5 Å². The first-order valence-electron chi connectivity index (χ1n) is 7.89. The van der Waals surface area contributed by atoms with Gasteiger partial charge in [0.25, 0.3) is 0 Å². The second-order valence-corrected chi connectivity index (χ2v) is 21.1. The van der Waals surface area contributed by atoms with Gasteiger partial charge in [-0.2, -0.15) is 0 Å². The van der Waals surface area contributed by atoms with Crippen molar-refractivity contribution in [1.82, 2.24) is 9.97 Å². The molecule has 2 aromatic rings. The Bertz CT molecular complexity index is 690. The van der Waals surface area contributed by atoms with Crippen molar-refractivity contribution >= 4 is 22.1 Å². The van der Waals surface area contributed by atoms with Gasteiger partial charge in [0.1, 0.15) is 0 Å². The number of nitriles is 1. The molecule has 2 rings (SSSR count). The maximum absolute atomic E-state index is 10.2. The van der Waals surface area contributed by atoms with E-state index in [-0.39, 0.29) is 5.82 Å². The van der Waals surface area contributed by atoms with Crippen molar-refractivity contribution in [3.63, 3.8) is 0 Å². The fourth-order valence-corrected chi connectivity index (χ4v) is 5.33. The molecule has 1 aromatic heterocycles. The molecule has 0 radical (unpaired) electrons. The normalized spacial score (nSPS) is 12.7. The van der Waals surface area contributed by atoms with Crippen LogP contribution in [0.1, 0.15) is 23.5 Å². The number of aliphatic hydroxyl groups is 1.